The predicted molar refractivity (Wildman–Crippen MR) is 111 cm³/mol. The molecule has 0 aliphatic rings. The summed E-state index contributed by atoms with van der Waals surface area (Å²) in [6, 6.07) is 10.9. The van der Waals surface area contributed by atoms with Gasteiger partial charge in [0.15, 0.2) is 23.3 Å². The van der Waals surface area contributed by atoms with E-state index in [4.69, 9.17) is 21.1 Å². The van der Waals surface area contributed by atoms with E-state index in [1.165, 1.54) is 18.9 Å². The SMILES string of the molecule is COc1cnc(CSc2ncccn2)cc1OCC(=O)NCc1ccccc1Cl. The van der Waals surface area contributed by atoms with E-state index in [-0.39, 0.29) is 12.5 Å². The number of carbonyl (C=O) groups is 1. The van der Waals surface area contributed by atoms with Gasteiger partial charge in [-0.25, -0.2) is 9.97 Å². The van der Waals surface area contributed by atoms with Gasteiger partial charge in [0.2, 0.25) is 0 Å². The summed E-state index contributed by atoms with van der Waals surface area (Å²) in [6.45, 7) is 0.174. The molecule has 0 saturated heterocycles. The third-order valence-electron chi connectivity index (χ3n) is 3.79. The number of thioether (sulfide) groups is 1. The van der Waals surface area contributed by atoms with E-state index in [1.807, 2.05) is 18.2 Å². The van der Waals surface area contributed by atoms with Gasteiger partial charge in [-0.3, -0.25) is 9.78 Å². The van der Waals surface area contributed by atoms with Crippen molar-refractivity contribution in [1.82, 2.24) is 20.3 Å². The zero-order chi connectivity index (χ0) is 20.5. The molecule has 29 heavy (non-hydrogen) atoms. The Kier molecular flexibility index (Phi) is 7.66. The van der Waals surface area contributed by atoms with Crippen molar-refractivity contribution in [2.45, 2.75) is 17.5 Å². The highest BCUT2D eigenvalue weighted by molar-refractivity contribution is 7.98. The van der Waals surface area contributed by atoms with Gasteiger partial charge >= 0.3 is 0 Å². The van der Waals surface area contributed by atoms with Crippen molar-refractivity contribution in [3.05, 3.63) is 71.3 Å². The van der Waals surface area contributed by atoms with Crippen LogP contribution in [-0.2, 0) is 17.1 Å². The lowest BCUT2D eigenvalue weighted by molar-refractivity contribution is -0.123. The molecule has 0 radical (unpaired) electrons. The van der Waals surface area contributed by atoms with Crippen molar-refractivity contribution in [1.29, 1.82) is 0 Å². The topological polar surface area (TPSA) is 86.2 Å². The predicted octanol–water partition coefficient (Wildman–Crippen LogP) is 3.52. The minimum Gasteiger partial charge on any atom is -0.491 e. The Morgan fingerprint density at radius 2 is 1.93 bits per heavy atom. The van der Waals surface area contributed by atoms with E-state index in [0.717, 1.165) is 11.3 Å². The number of pyridine rings is 1. The molecule has 3 aromatic rings. The van der Waals surface area contributed by atoms with Crippen molar-refractivity contribution >= 4 is 29.3 Å². The molecule has 0 bridgehead atoms. The van der Waals surface area contributed by atoms with Crippen LogP contribution in [0.5, 0.6) is 11.5 Å². The summed E-state index contributed by atoms with van der Waals surface area (Å²) in [5, 5.41) is 4.05. The standard InChI is InChI=1S/C20H19ClN4O3S/c1-27-18-11-24-15(13-29-20-22-7-4-8-23-20)9-17(18)28-12-19(26)25-10-14-5-2-3-6-16(14)21/h2-9,11H,10,12-13H2,1H3,(H,25,26). The van der Waals surface area contributed by atoms with Gasteiger partial charge in [0.25, 0.3) is 5.91 Å². The molecule has 7 nitrogen and oxygen atoms in total. The summed E-state index contributed by atoms with van der Waals surface area (Å²) < 4.78 is 10.9. The Bertz CT molecular complexity index is 959. The zero-order valence-electron chi connectivity index (χ0n) is 15.7. The van der Waals surface area contributed by atoms with Crippen LogP contribution >= 0.6 is 23.4 Å². The van der Waals surface area contributed by atoms with E-state index in [1.54, 1.807) is 36.8 Å². The maximum absolute atomic E-state index is 12.1. The van der Waals surface area contributed by atoms with E-state index < -0.39 is 0 Å². The molecule has 150 valence electrons. The second-order valence-corrected chi connectivity index (χ2v) is 7.15. The number of ether oxygens (including phenoxy) is 2. The number of rotatable bonds is 9. The molecular formula is C20H19ClN4O3S. The largest absolute Gasteiger partial charge is 0.491 e. The lowest BCUT2D eigenvalue weighted by Crippen LogP contribution is -2.28. The lowest BCUT2D eigenvalue weighted by Gasteiger charge is -2.12. The van der Waals surface area contributed by atoms with Gasteiger partial charge in [0.05, 0.1) is 19.0 Å². The van der Waals surface area contributed by atoms with Gasteiger partial charge in [-0.15, -0.1) is 0 Å². The number of nitrogens with zero attached hydrogens (tertiary/aromatic N) is 3. The van der Waals surface area contributed by atoms with Gasteiger partial charge in [-0.2, -0.15) is 0 Å². The highest BCUT2D eigenvalue weighted by Gasteiger charge is 2.11. The van der Waals surface area contributed by atoms with E-state index in [0.29, 0.717) is 34.0 Å². The summed E-state index contributed by atoms with van der Waals surface area (Å²) in [6.07, 6.45) is 4.94. The van der Waals surface area contributed by atoms with Crippen LogP contribution in [0.3, 0.4) is 0 Å². The normalized spacial score (nSPS) is 10.4. The molecule has 0 aliphatic carbocycles. The van der Waals surface area contributed by atoms with Crippen LogP contribution < -0.4 is 14.8 Å². The highest BCUT2D eigenvalue weighted by Crippen LogP contribution is 2.28. The first-order valence-electron chi connectivity index (χ1n) is 8.71. The van der Waals surface area contributed by atoms with Crippen LogP contribution in [0.25, 0.3) is 0 Å². The number of aromatic nitrogens is 3. The molecule has 1 N–H and O–H groups in total. The first-order chi connectivity index (χ1) is 14.2. The molecule has 0 aliphatic heterocycles. The first kappa shape index (κ1) is 20.9. The minimum atomic E-state index is -0.266. The van der Waals surface area contributed by atoms with Crippen LogP contribution in [0, 0.1) is 0 Å². The van der Waals surface area contributed by atoms with Gasteiger partial charge in [-0.1, -0.05) is 41.6 Å². The molecule has 1 amide bonds. The Balaban J connectivity index is 1.55. The number of carbonyl (C=O) groups excluding carboxylic acids is 1. The molecule has 0 fully saturated rings. The Morgan fingerprint density at radius 1 is 1.14 bits per heavy atom. The minimum absolute atomic E-state index is 0.154. The average Bonchev–Trinajstić information content (AvgIpc) is 2.76. The van der Waals surface area contributed by atoms with E-state index in [9.17, 15) is 4.79 Å². The Hall–Kier alpha value is -2.84. The summed E-state index contributed by atoms with van der Waals surface area (Å²) in [5.74, 6) is 1.19. The smallest absolute Gasteiger partial charge is 0.258 e. The molecular weight excluding hydrogens is 412 g/mol. The molecule has 2 aromatic heterocycles. The van der Waals surface area contributed by atoms with Crippen LogP contribution in [-0.4, -0.2) is 34.6 Å². The molecule has 0 unspecified atom stereocenters. The van der Waals surface area contributed by atoms with Gasteiger partial charge < -0.3 is 14.8 Å². The molecule has 2 heterocycles. The fraction of sp³-hybridized carbons (Fsp3) is 0.200. The number of hydrogen-bond donors (Lipinski definition) is 1. The molecule has 0 atom stereocenters. The third-order valence-corrected chi connectivity index (χ3v) is 5.07. The zero-order valence-corrected chi connectivity index (χ0v) is 17.2. The van der Waals surface area contributed by atoms with Crippen molar-refractivity contribution in [2.24, 2.45) is 0 Å². The quantitative estimate of drug-likeness (QED) is 0.410. The molecule has 1 aromatic carbocycles. The third kappa shape index (κ3) is 6.33. The number of benzene rings is 1. The van der Waals surface area contributed by atoms with E-state index >= 15 is 0 Å². The Morgan fingerprint density at radius 3 is 2.69 bits per heavy atom. The van der Waals surface area contributed by atoms with Crippen molar-refractivity contribution in [2.75, 3.05) is 13.7 Å². The average molecular weight is 431 g/mol. The second-order valence-electron chi connectivity index (χ2n) is 5.80. The van der Waals surface area contributed by atoms with Crippen molar-refractivity contribution < 1.29 is 14.3 Å². The monoisotopic (exact) mass is 430 g/mol. The van der Waals surface area contributed by atoms with Crippen LogP contribution in [0.4, 0.5) is 0 Å². The fourth-order valence-electron chi connectivity index (χ4n) is 2.34. The fourth-order valence-corrected chi connectivity index (χ4v) is 3.25. The number of hydrogen-bond acceptors (Lipinski definition) is 7. The summed E-state index contributed by atoms with van der Waals surface area (Å²) in [4.78, 5) is 24.8. The number of methoxy groups -OCH3 is 1. The van der Waals surface area contributed by atoms with Gasteiger partial charge in [-0.05, 0) is 17.7 Å². The van der Waals surface area contributed by atoms with Gasteiger partial charge in [0, 0.05) is 35.8 Å². The number of halogens is 1. The maximum Gasteiger partial charge on any atom is 0.258 e. The van der Waals surface area contributed by atoms with Crippen LogP contribution in [0.15, 0.2) is 60.1 Å². The molecule has 0 spiro atoms. The molecule has 0 saturated carbocycles. The summed E-state index contributed by atoms with van der Waals surface area (Å²) in [7, 11) is 1.52. The highest BCUT2D eigenvalue weighted by atomic mass is 35.5. The maximum atomic E-state index is 12.1. The second kappa shape index (κ2) is 10.6. The van der Waals surface area contributed by atoms with E-state index in [2.05, 4.69) is 20.3 Å². The molecule has 3 rings (SSSR count). The number of amides is 1. The van der Waals surface area contributed by atoms with Gasteiger partial charge in [0.1, 0.15) is 0 Å². The molecule has 9 heteroatoms. The number of nitrogens with one attached hydrogen (secondary N) is 1. The summed E-state index contributed by atoms with van der Waals surface area (Å²) in [5.41, 5.74) is 1.60. The van der Waals surface area contributed by atoms with Crippen LogP contribution in [0.2, 0.25) is 5.02 Å². The lowest BCUT2D eigenvalue weighted by atomic mass is 10.2. The van der Waals surface area contributed by atoms with Crippen molar-refractivity contribution in [3.8, 4) is 11.5 Å². The van der Waals surface area contributed by atoms with Crippen LogP contribution in [0.1, 0.15) is 11.3 Å². The summed E-state index contributed by atoms with van der Waals surface area (Å²) >= 11 is 7.55. The Labute approximate surface area is 177 Å². The van der Waals surface area contributed by atoms with Crippen molar-refractivity contribution in [3.63, 3.8) is 0 Å². The first-order valence-corrected chi connectivity index (χ1v) is 10.1.